The first kappa shape index (κ1) is 25.5. The van der Waals surface area contributed by atoms with Gasteiger partial charge in [0.2, 0.25) is 5.91 Å². The minimum Gasteiger partial charge on any atom is -0.495 e. The number of amides is 1. The van der Waals surface area contributed by atoms with Crippen molar-refractivity contribution in [2.45, 2.75) is 44.6 Å². The number of guanidine groups is 1. The van der Waals surface area contributed by atoms with E-state index in [1.54, 1.807) is 26.1 Å². The summed E-state index contributed by atoms with van der Waals surface area (Å²) in [5.41, 5.74) is 1.13. The van der Waals surface area contributed by atoms with Crippen molar-refractivity contribution in [2.75, 3.05) is 52.3 Å². The van der Waals surface area contributed by atoms with Crippen LogP contribution in [0.2, 0.25) is 0 Å². The fraction of sp³-hybridized carbons (Fsp3) is 0.652. The van der Waals surface area contributed by atoms with Gasteiger partial charge in [0, 0.05) is 39.8 Å². The lowest BCUT2D eigenvalue weighted by Gasteiger charge is -2.25. The van der Waals surface area contributed by atoms with E-state index in [1.165, 1.54) is 32.1 Å². The summed E-state index contributed by atoms with van der Waals surface area (Å²) < 4.78 is 5.53. The molecular weight excluding hydrogens is 505 g/mol. The normalized spacial score (nSPS) is 19.5. The van der Waals surface area contributed by atoms with Crippen LogP contribution in [0.3, 0.4) is 0 Å². The number of nitrogens with one attached hydrogen (secondary N) is 2. The molecular formula is C23H38IN5O2. The topological polar surface area (TPSA) is 69.2 Å². The van der Waals surface area contributed by atoms with Gasteiger partial charge in [-0.1, -0.05) is 31.4 Å². The lowest BCUT2D eigenvalue weighted by Crippen LogP contribution is -2.46. The molecule has 0 spiro atoms. The first-order valence-electron chi connectivity index (χ1n) is 11.2. The molecule has 31 heavy (non-hydrogen) atoms. The zero-order valence-electron chi connectivity index (χ0n) is 19.1. The second kappa shape index (κ2) is 13.0. The molecule has 1 atom stereocenters. The zero-order chi connectivity index (χ0) is 21.3. The third kappa shape index (κ3) is 7.73. The molecule has 174 valence electrons. The molecule has 8 heteroatoms. The number of benzene rings is 1. The van der Waals surface area contributed by atoms with Crippen molar-refractivity contribution in [3.63, 3.8) is 0 Å². The predicted molar refractivity (Wildman–Crippen MR) is 138 cm³/mol. The average molecular weight is 543 g/mol. The van der Waals surface area contributed by atoms with Gasteiger partial charge in [-0.15, -0.1) is 24.0 Å². The molecule has 2 N–H and O–H groups in total. The Kier molecular flexibility index (Phi) is 10.7. The van der Waals surface area contributed by atoms with E-state index >= 15 is 0 Å². The van der Waals surface area contributed by atoms with Crippen LogP contribution in [0, 0.1) is 5.92 Å². The van der Waals surface area contributed by atoms with Crippen LogP contribution in [0.1, 0.15) is 38.5 Å². The molecule has 1 aromatic rings. The number of halogens is 1. The van der Waals surface area contributed by atoms with Crippen molar-refractivity contribution >= 4 is 41.5 Å². The van der Waals surface area contributed by atoms with Crippen molar-refractivity contribution in [3.8, 4) is 5.75 Å². The Labute approximate surface area is 204 Å². The zero-order valence-corrected chi connectivity index (χ0v) is 21.4. The first-order valence-corrected chi connectivity index (χ1v) is 11.2. The Bertz CT molecular complexity index is 722. The van der Waals surface area contributed by atoms with Gasteiger partial charge >= 0.3 is 0 Å². The number of para-hydroxylation sites is 2. The largest absolute Gasteiger partial charge is 0.495 e. The summed E-state index contributed by atoms with van der Waals surface area (Å²) in [6, 6.07) is 8.43. The second-order valence-corrected chi connectivity index (χ2v) is 8.59. The van der Waals surface area contributed by atoms with Gasteiger partial charge in [0.25, 0.3) is 0 Å². The number of carbonyl (C=O) groups excluding carboxylic acids is 1. The second-order valence-electron chi connectivity index (χ2n) is 8.59. The molecule has 0 aromatic heterocycles. The number of rotatable bonds is 7. The highest BCUT2D eigenvalue weighted by molar-refractivity contribution is 14.0. The Morgan fingerprint density at radius 3 is 2.65 bits per heavy atom. The van der Waals surface area contributed by atoms with E-state index in [-0.39, 0.29) is 42.5 Å². The number of hydrogen-bond donors (Lipinski definition) is 2. The minimum absolute atomic E-state index is 0. The molecule has 2 fully saturated rings. The molecule has 1 heterocycles. The highest BCUT2D eigenvalue weighted by atomic mass is 127. The molecule has 1 saturated carbocycles. The van der Waals surface area contributed by atoms with E-state index in [2.05, 4.69) is 26.6 Å². The SMILES string of the molecule is COc1ccccc1N1CCC(NC(=NCC(=O)N(C)C)NCC2CCCCC2)C1.I. The molecule has 1 aliphatic heterocycles. The highest BCUT2D eigenvalue weighted by Crippen LogP contribution is 2.30. The summed E-state index contributed by atoms with van der Waals surface area (Å²) in [5, 5.41) is 7.09. The maximum atomic E-state index is 12.0. The monoisotopic (exact) mass is 543 g/mol. The fourth-order valence-corrected chi connectivity index (χ4v) is 4.25. The van der Waals surface area contributed by atoms with E-state index in [4.69, 9.17) is 4.74 Å². The van der Waals surface area contributed by atoms with Crippen molar-refractivity contribution in [1.82, 2.24) is 15.5 Å². The number of carbonyl (C=O) groups is 1. The van der Waals surface area contributed by atoms with Crippen LogP contribution in [0.15, 0.2) is 29.3 Å². The van der Waals surface area contributed by atoms with Crippen LogP contribution in [0.5, 0.6) is 5.75 Å². The summed E-state index contributed by atoms with van der Waals surface area (Å²) in [6.45, 7) is 2.93. The molecule has 1 unspecified atom stereocenters. The molecule has 7 nitrogen and oxygen atoms in total. The molecule has 1 amide bonds. The number of likely N-dealkylation sites (N-methyl/N-ethyl adjacent to an activating group) is 1. The molecule has 0 radical (unpaired) electrons. The molecule has 2 aliphatic rings. The quantitative estimate of drug-likeness (QED) is 0.315. The lowest BCUT2D eigenvalue weighted by atomic mass is 9.89. The summed E-state index contributed by atoms with van der Waals surface area (Å²) in [4.78, 5) is 20.6. The molecule has 0 bridgehead atoms. The molecule has 1 aromatic carbocycles. The average Bonchev–Trinajstić information content (AvgIpc) is 3.24. The molecule has 1 saturated heterocycles. The van der Waals surface area contributed by atoms with Crippen LogP contribution < -0.4 is 20.3 Å². The maximum absolute atomic E-state index is 12.0. The van der Waals surface area contributed by atoms with E-state index in [0.29, 0.717) is 5.92 Å². The fourth-order valence-electron chi connectivity index (χ4n) is 4.25. The Morgan fingerprint density at radius 2 is 1.94 bits per heavy atom. The van der Waals surface area contributed by atoms with Crippen LogP contribution in [-0.4, -0.2) is 70.2 Å². The van der Waals surface area contributed by atoms with Gasteiger partial charge in [-0.3, -0.25) is 4.79 Å². The minimum atomic E-state index is 0. The molecule has 3 rings (SSSR count). The van der Waals surface area contributed by atoms with E-state index in [9.17, 15) is 4.79 Å². The van der Waals surface area contributed by atoms with Crippen LogP contribution in [-0.2, 0) is 4.79 Å². The first-order chi connectivity index (χ1) is 14.6. The van der Waals surface area contributed by atoms with E-state index < -0.39 is 0 Å². The smallest absolute Gasteiger partial charge is 0.243 e. The number of ether oxygens (including phenoxy) is 1. The number of nitrogens with zero attached hydrogens (tertiary/aromatic N) is 3. The highest BCUT2D eigenvalue weighted by Gasteiger charge is 2.25. The maximum Gasteiger partial charge on any atom is 0.243 e. The van der Waals surface area contributed by atoms with E-state index in [1.807, 2.05) is 18.2 Å². The number of methoxy groups -OCH3 is 1. The standard InChI is InChI=1S/C23H37N5O2.HI/c1-27(2)22(29)16-25-23(24-15-18-9-5-4-6-10-18)26-19-13-14-28(17-19)20-11-7-8-12-21(20)30-3;/h7-8,11-12,18-19H,4-6,9-10,13-17H2,1-3H3,(H2,24,25,26);1H. The van der Waals surface area contributed by atoms with Gasteiger partial charge < -0.3 is 25.2 Å². The van der Waals surface area contributed by atoms with Gasteiger partial charge in [0.05, 0.1) is 12.8 Å². The van der Waals surface area contributed by atoms with Crippen molar-refractivity contribution in [2.24, 2.45) is 10.9 Å². The van der Waals surface area contributed by atoms with Crippen LogP contribution in [0.25, 0.3) is 0 Å². The van der Waals surface area contributed by atoms with Crippen molar-refractivity contribution in [1.29, 1.82) is 0 Å². The molecule has 1 aliphatic carbocycles. The van der Waals surface area contributed by atoms with Gasteiger partial charge in [0.1, 0.15) is 12.3 Å². The van der Waals surface area contributed by atoms with Gasteiger partial charge in [-0.25, -0.2) is 4.99 Å². The van der Waals surface area contributed by atoms with Crippen LogP contribution >= 0.6 is 24.0 Å². The third-order valence-corrected chi connectivity index (χ3v) is 6.11. The van der Waals surface area contributed by atoms with E-state index in [0.717, 1.165) is 43.5 Å². The van der Waals surface area contributed by atoms with Gasteiger partial charge in [-0.05, 0) is 37.3 Å². The summed E-state index contributed by atoms with van der Waals surface area (Å²) in [7, 11) is 5.25. The number of hydrogen-bond acceptors (Lipinski definition) is 4. The van der Waals surface area contributed by atoms with Crippen molar-refractivity contribution in [3.05, 3.63) is 24.3 Å². The summed E-state index contributed by atoms with van der Waals surface area (Å²) in [6.07, 6.45) is 7.57. The Balaban J connectivity index is 0.00000341. The Morgan fingerprint density at radius 1 is 1.19 bits per heavy atom. The lowest BCUT2D eigenvalue weighted by molar-refractivity contribution is -0.127. The van der Waals surface area contributed by atoms with Gasteiger partial charge in [-0.2, -0.15) is 0 Å². The number of anilines is 1. The summed E-state index contributed by atoms with van der Waals surface area (Å²) in [5.74, 6) is 2.36. The third-order valence-electron chi connectivity index (χ3n) is 6.11. The Hall–Kier alpha value is -1.71. The summed E-state index contributed by atoms with van der Waals surface area (Å²) >= 11 is 0. The van der Waals surface area contributed by atoms with Crippen LogP contribution in [0.4, 0.5) is 5.69 Å². The van der Waals surface area contributed by atoms with Gasteiger partial charge in [0.15, 0.2) is 5.96 Å². The number of aliphatic imine (C=N–C) groups is 1. The van der Waals surface area contributed by atoms with Crippen molar-refractivity contribution < 1.29 is 9.53 Å². The predicted octanol–water partition coefficient (Wildman–Crippen LogP) is 3.10.